The zero-order chi connectivity index (χ0) is 33.2. The highest BCUT2D eigenvalue weighted by molar-refractivity contribution is 6.50. The molecular formula is C32H38N2O12. The van der Waals surface area contributed by atoms with Crippen LogP contribution >= 0.6 is 0 Å². The number of aryl methyl sites for hydroxylation is 2. The van der Waals surface area contributed by atoms with Crippen LogP contribution in [-0.4, -0.2) is 127 Å². The van der Waals surface area contributed by atoms with E-state index in [0.717, 1.165) is 20.9 Å². The lowest BCUT2D eigenvalue weighted by molar-refractivity contribution is -0.228. The first-order valence-electron chi connectivity index (χ1n) is 15.3. The van der Waals surface area contributed by atoms with E-state index >= 15 is 0 Å². The van der Waals surface area contributed by atoms with Gasteiger partial charge in [-0.1, -0.05) is 26.0 Å². The van der Waals surface area contributed by atoms with Gasteiger partial charge >= 0.3 is 0 Å². The van der Waals surface area contributed by atoms with E-state index in [1.165, 1.54) is 0 Å². The number of benzene rings is 2. The average molecular weight is 643 g/mol. The molecule has 4 aliphatic rings. The van der Waals surface area contributed by atoms with E-state index in [9.17, 15) is 50.4 Å². The SMILES string of the molecule is CCc1ccc2c(c1)/C(=C1/C(=O)N([C@H]3O[C@@H](CO)[C@H](O)[C@@H](O)[C@H]3O)c3ccc(CC)cc31)C(=O)N2[C@H]1O[C@@H](CO)[C@H](O)[C@@H](O)[C@H]1O. The van der Waals surface area contributed by atoms with Crippen molar-refractivity contribution in [3.05, 3.63) is 58.7 Å². The van der Waals surface area contributed by atoms with E-state index in [1.807, 2.05) is 13.8 Å². The molecular weight excluding hydrogens is 604 g/mol. The molecule has 0 aliphatic carbocycles. The van der Waals surface area contributed by atoms with E-state index in [0.29, 0.717) is 24.0 Å². The summed E-state index contributed by atoms with van der Waals surface area (Å²) in [7, 11) is 0. The van der Waals surface area contributed by atoms with Gasteiger partial charge in [0.05, 0.1) is 35.7 Å². The molecule has 10 atom stereocenters. The predicted octanol–water partition coefficient (Wildman–Crippen LogP) is -1.98. The fourth-order valence-corrected chi connectivity index (χ4v) is 6.70. The third-order valence-corrected chi connectivity index (χ3v) is 9.35. The highest BCUT2D eigenvalue weighted by Crippen LogP contribution is 2.49. The molecule has 248 valence electrons. The first-order chi connectivity index (χ1) is 22.0. The summed E-state index contributed by atoms with van der Waals surface area (Å²) in [6.07, 6.45) is -14.9. The largest absolute Gasteiger partial charge is 0.394 e. The van der Waals surface area contributed by atoms with Gasteiger partial charge in [0.15, 0.2) is 12.5 Å². The van der Waals surface area contributed by atoms with E-state index in [4.69, 9.17) is 9.47 Å². The highest BCUT2D eigenvalue weighted by atomic mass is 16.6. The molecule has 14 nitrogen and oxygen atoms in total. The molecule has 2 amide bonds. The Kier molecular flexibility index (Phi) is 8.80. The van der Waals surface area contributed by atoms with Gasteiger partial charge < -0.3 is 50.3 Å². The summed E-state index contributed by atoms with van der Waals surface area (Å²) < 4.78 is 11.5. The van der Waals surface area contributed by atoms with Crippen LogP contribution in [0.5, 0.6) is 0 Å². The van der Waals surface area contributed by atoms with Crippen LogP contribution in [0.15, 0.2) is 36.4 Å². The quantitative estimate of drug-likeness (QED) is 0.161. The summed E-state index contributed by atoms with van der Waals surface area (Å²) in [4.78, 5) is 31.3. The van der Waals surface area contributed by atoms with Gasteiger partial charge in [-0.15, -0.1) is 0 Å². The number of hydrogen-bond acceptors (Lipinski definition) is 12. The Balaban J connectivity index is 1.55. The minimum atomic E-state index is -1.78. The number of aliphatic hydroxyl groups excluding tert-OH is 8. The van der Waals surface area contributed by atoms with Crippen LogP contribution in [0.3, 0.4) is 0 Å². The summed E-state index contributed by atoms with van der Waals surface area (Å²) in [5, 5.41) is 83.4. The summed E-state index contributed by atoms with van der Waals surface area (Å²) >= 11 is 0. The molecule has 0 bridgehead atoms. The van der Waals surface area contributed by atoms with Crippen molar-refractivity contribution in [1.29, 1.82) is 0 Å². The van der Waals surface area contributed by atoms with Crippen molar-refractivity contribution < 1.29 is 59.9 Å². The van der Waals surface area contributed by atoms with Crippen LogP contribution in [0.25, 0.3) is 11.1 Å². The van der Waals surface area contributed by atoms with Crippen molar-refractivity contribution in [2.24, 2.45) is 0 Å². The normalized spacial score (nSPS) is 36.0. The molecule has 0 saturated carbocycles. The average Bonchev–Trinajstić information content (AvgIpc) is 3.50. The molecule has 6 rings (SSSR count). The van der Waals surface area contributed by atoms with Crippen molar-refractivity contribution in [3.8, 4) is 0 Å². The topological polar surface area (TPSA) is 221 Å². The maximum atomic E-state index is 14.5. The van der Waals surface area contributed by atoms with Gasteiger partial charge in [-0.05, 0) is 48.2 Å². The van der Waals surface area contributed by atoms with Gasteiger partial charge in [0.25, 0.3) is 11.8 Å². The fraction of sp³-hybridized carbons (Fsp3) is 0.500. The van der Waals surface area contributed by atoms with Crippen LogP contribution in [-0.2, 0) is 31.9 Å². The standard InChI is InChI=1S/C32H38N2O12/c1-3-13-5-7-17-15(9-13)21(29(43)33(17)31-27(41)25(39)23(37)19(11-35)45-31)22-16-10-14(4-2)6-8-18(16)34(30(22)44)32-28(42)26(40)24(38)20(12-36)46-32/h5-10,19-20,23-28,31-32,35-42H,3-4,11-12H2,1-2H3/b22-21-/t19-,20-,23-,24-,25+,26+,27+,28+,31-,32-/m0/s1. The molecule has 0 spiro atoms. The first kappa shape index (κ1) is 32.7. The van der Waals surface area contributed by atoms with Gasteiger partial charge in [0.1, 0.15) is 48.8 Å². The Labute approximate surface area is 263 Å². The second-order valence-electron chi connectivity index (χ2n) is 11.9. The Bertz CT molecular complexity index is 1450. The van der Waals surface area contributed by atoms with Crippen molar-refractivity contribution in [1.82, 2.24) is 0 Å². The number of amides is 2. The van der Waals surface area contributed by atoms with Gasteiger partial charge in [-0.25, -0.2) is 0 Å². The van der Waals surface area contributed by atoms with E-state index in [-0.39, 0.29) is 22.5 Å². The molecule has 14 heteroatoms. The van der Waals surface area contributed by atoms with Crippen molar-refractivity contribution >= 4 is 34.3 Å². The minimum absolute atomic E-state index is 0.0612. The van der Waals surface area contributed by atoms with Gasteiger partial charge in [-0.2, -0.15) is 0 Å². The molecule has 2 aromatic carbocycles. The molecule has 0 unspecified atom stereocenters. The number of rotatable bonds is 6. The first-order valence-corrected chi connectivity index (χ1v) is 15.3. The monoisotopic (exact) mass is 642 g/mol. The molecule has 0 radical (unpaired) electrons. The van der Waals surface area contributed by atoms with Crippen molar-refractivity contribution in [2.45, 2.75) is 88.0 Å². The maximum absolute atomic E-state index is 14.5. The number of anilines is 2. The number of fused-ring (bicyclic) bond motifs is 2. The van der Waals surface area contributed by atoms with Gasteiger partial charge in [0.2, 0.25) is 0 Å². The number of hydrogen-bond donors (Lipinski definition) is 8. The van der Waals surface area contributed by atoms with Crippen LogP contribution in [0, 0.1) is 0 Å². The summed E-state index contributed by atoms with van der Waals surface area (Å²) in [6.45, 7) is 2.40. The highest BCUT2D eigenvalue weighted by Gasteiger charge is 2.54. The third-order valence-electron chi connectivity index (χ3n) is 9.35. The summed E-state index contributed by atoms with van der Waals surface area (Å²) in [5.41, 5.74) is 2.67. The zero-order valence-electron chi connectivity index (χ0n) is 25.2. The third kappa shape index (κ3) is 4.88. The summed E-state index contributed by atoms with van der Waals surface area (Å²) in [5.74, 6) is -1.53. The minimum Gasteiger partial charge on any atom is -0.394 e. The second kappa shape index (κ2) is 12.4. The Morgan fingerprint density at radius 3 is 1.28 bits per heavy atom. The van der Waals surface area contributed by atoms with E-state index < -0.39 is 86.3 Å². The second-order valence-corrected chi connectivity index (χ2v) is 11.9. The summed E-state index contributed by atoms with van der Waals surface area (Å²) in [6, 6.07) is 10.2. The van der Waals surface area contributed by atoms with Gasteiger partial charge in [-0.3, -0.25) is 19.4 Å². The molecule has 0 aromatic heterocycles. The van der Waals surface area contributed by atoms with Crippen LogP contribution in [0.1, 0.15) is 36.1 Å². The Hall–Kier alpha value is -3.28. The van der Waals surface area contributed by atoms with Crippen molar-refractivity contribution in [3.63, 3.8) is 0 Å². The molecule has 46 heavy (non-hydrogen) atoms. The maximum Gasteiger partial charge on any atom is 0.262 e. The molecule has 2 aromatic rings. The fourth-order valence-electron chi connectivity index (χ4n) is 6.70. The van der Waals surface area contributed by atoms with E-state index in [1.54, 1.807) is 36.4 Å². The molecule has 2 saturated heterocycles. The smallest absolute Gasteiger partial charge is 0.262 e. The molecule has 8 N–H and O–H groups in total. The Morgan fingerprint density at radius 2 is 0.957 bits per heavy atom. The van der Waals surface area contributed by atoms with Gasteiger partial charge in [0, 0.05) is 11.1 Å². The molecule has 4 aliphatic heterocycles. The van der Waals surface area contributed by atoms with Crippen molar-refractivity contribution in [2.75, 3.05) is 23.0 Å². The number of carbonyl (C=O) groups is 2. The Morgan fingerprint density at radius 1 is 0.587 bits per heavy atom. The molecule has 4 heterocycles. The number of nitrogens with zero attached hydrogens (tertiary/aromatic N) is 2. The van der Waals surface area contributed by atoms with E-state index in [2.05, 4.69) is 0 Å². The lowest BCUT2D eigenvalue weighted by Gasteiger charge is -2.43. The van der Waals surface area contributed by atoms with Crippen LogP contribution in [0.4, 0.5) is 11.4 Å². The number of carbonyl (C=O) groups excluding carboxylic acids is 2. The lowest BCUT2D eigenvalue weighted by atomic mass is 9.94. The number of aliphatic hydroxyl groups is 8. The predicted molar refractivity (Wildman–Crippen MR) is 161 cm³/mol. The van der Waals surface area contributed by atoms with Crippen LogP contribution < -0.4 is 9.80 Å². The van der Waals surface area contributed by atoms with Crippen LogP contribution in [0.2, 0.25) is 0 Å². The zero-order valence-corrected chi connectivity index (χ0v) is 25.2. The lowest BCUT2D eigenvalue weighted by Crippen LogP contribution is -2.64. The number of ether oxygens (including phenoxy) is 2. The molecule has 2 fully saturated rings.